The van der Waals surface area contributed by atoms with Gasteiger partial charge in [-0.3, -0.25) is 4.79 Å². The van der Waals surface area contributed by atoms with Crippen molar-refractivity contribution in [2.24, 2.45) is 11.7 Å². The lowest BCUT2D eigenvalue weighted by Gasteiger charge is -2.14. The molecular weight excluding hydrogens is 252 g/mol. The predicted molar refractivity (Wildman–Crippen MR) is 81.9 cm³/mol. The molecule has 0 aliphatic heterocycles. The molecule has 0 unspecified atom stereocenters. The van der Waals surface area contributed by atoms with Crippen LogP contribution in [-0.4, -0.2) is 25.6 Å². The second-order valence-corrected chi connectivity index (χ2v) is 5.42. The number of carbonyl (C=O) groups is 1. The summed E-state index contributed by atoms with van der Waals surface area (Å²) in [6.45, 7) is 7.57. The summed E-state index contributed by atoms with van der Waals surface area (Å²) in [7, 11) is 0. The molecule has 0 atom stereocenters. The second-order valence-electron chi connectivity index (χ2n) is 5.42. The third-order valence-electron chi connectivity index (χ3n) is 3.10. The summed E-state index contributed by atoms with van der Waals surface area (Å²) in [6, 6.07) is 5.95. The lowest BCUT2D eigenvalue weighted by molar-refractivity contribution is -0.123. The van der Waals surface area contributed by atoms with Crippen LogP contribution in [0.25, 0.3) is 0 Å². The van der Waals surface area contributed by atoms with Gasteiger partial charge >= 0.3 is 0 Å². The van der Waals surface area contributed by atoms with Crippen molar-refractivity contribution in [3.63, 3.8) is 0 Å². The first-order chi connectivity index (χ1) is 9.54. The van der Waals surface area contributed by atoms with E-state index in [2.05, 4.69) is 19.2 Å². The van der Waals surface area contributed by atoms with Gasteiger partial charge in [-0.1, -0.05) is 32.0 Å². The fourth-order valence-electron chi connectivity index (χ4n) is 1.96. The number of hydrogen-bond acceptors (Lipinski definition) is 3. The van der Waals surface area contributed by atoms with Gasteiger partial charge in [-0.05, 0) is 43.4 Å². The molecule has 4 nitrogen and oxygen atoms in total. The molecule has 1 aromatic carbocycles. The molecule has 1 aromatic rings. The molecule has 1 amide bonds. The number of aryl methyl sites for hydroxylation is 1. The summed E-state index contributed by atoms with van der Waals surface area (Å²) in [5.74, 6) is 1.30. The Balaban J connectivity index is 2.50. The van der Waals surface area contributed by atoms with E-state index in [1.165, 1.54) is 0 Å². The zero-order chi connectivity index (χ0) is 15.0. The molecule has 3 N–H and O–H groups in total. The second kappa shape index (κ2) is 8.59. The molecular formula is C16H26N2O2. The Hall–Kier alpha value is -1.55. The SMILES string of the molecule is Cc1cccc(CCN)c1OCC(=O)NCCC(C)C. The van der Waals surface area contributed by atoms with E-state index in [1.807, 2.05) is 25.1 Å². The summed E-state index contributed by atoms with van der Waals surface area (Å²) < 4.78 is 5.67. The van der Waals surface area contributed by atoms with Gasteiger partial charge in [0.05, 0.1) is 0 Å². The van der Waals surface area contributed by atoms with Crippen LogP contribution in [0.4, 0.5) is 0 Å². The Morgan fingerprint density at radius 1 is 1.40 bits per heavy atom. The first-order valence-corrected chi connectivity index (χ1v) is 7.22. The number of carbonyl (C=O) groups excluding carboxylic acids is 1. The van der Waals surface area contributed by atoms with Crippen molar-refractivity contribution in [3.05, 3.63) is 29.3 Å². The lowest BCUT2D eigenvalue weighted by Crippen LogP contribution is -2.30. The van der Waals surface area contributed by atoms with Crippen LogP contribution in [0.3, 0.4) is 0 Å². The third kappa shape index (κ3) is 5.61. The first-order valence-electron chi connectivity index (χ1n) is 7.22. The van der Waals surface area contributed by atoms with E-state index in [-0.39, 0.29) is 12.5 Å². The average Bonchev–Trinajstić information content (AvgIpc) is 2.38. The molecule has 0 saturated heterocycles. The Morgan fingerprint density at radius 3 is 2.80 bits per heavy atom. The monoisotopic (exact) mass is 278 g/mol. The van der Waals surface area contributed by atoms with Gasteiger partial charge in [-0.2, -0.15) is 0 Å². The van der Waals surface area contributed by atoms with Gasteiger partial charge in [0.15, 0.2) is 6.61 Å². The number of nitrogens with two attached hydrogens (primary N) is 1. The minimum absolute atomic E-state index is 0.0561. The van der Waals surface area contributed by atoms with Crippen LogP contribution < -0.4 is 15.8 Å². The summed E-state index contributed by atoms with van der Waals surface area (Å²) >= 11 is 0. The quantitative estimate of drug-likeness (QED) is 0.765. The van der Waals surface area contributed by atoms with Gasteiger partial charge in [0, 0.05) is 6.54 Å². The average molecular weight is 278 g/mol. The predicted octanol–water partition coefficient (Wildman–Crippen LogP) is 2.04. The molecule has 112 valence electrons. The number of rotatable bonds is 8. The molecule has 20 heavy (non-hydrogen) atoms. The lowest BCUT2D eigenvalue weighted by atomic mass is 10.1. The van der Waals surface area contributed by atoms with Gasteiger partial charge in [0.25, 0.3) is 5.91 Å². The van der Waals surface area contributed by atoms with E-state index in [4.69, 9.17) is 10.5 Å². The summed E-state index contributed by atoms with van der Waals surface area (Å²) in [5.41, 5.74) is 7.69. The van der Waals surface area contributed by atoms with Crippen LogP contribution in [0.15, 0.2) is 18.2 Å². The minimum atomic E-state index is -0.0763. The molecule has 0 aliphatic rings. The van der Waals surface area contributed by atoms with Gasteiger partial charge in [-0.25, -0.2) is 0 Å². The largest absolute Gasteiger partial charge is 0.483 e. The van der Waals surface area contributed by atoms with Crippen LogP contribution in [0, 0.1) is 12.8 Å². The molecule has 0 heterocycles. The molecule has 0 radical (unpaired) electrons. The van der Waals surface area contributed by atoms with Gasteiger partial charge in [0.2, 0.25) is 0 Å². The highest BCUT2D eigenvalue weighted by atomic mass is 16.5. The standard InChI is InChI=1S/C16H26N2O2/c1-12(2)8-10-18-15(19)11-20-16-13(3)5-4-6-14(16)7-9-17/h4-6,12H,7-11,17H2,1-3H3,(H,18,19). The van der Waals surface area contributed by atoms with Crippen LogP contribution >= 0.6 is 0 Å². The normalized spacial score (nSPS) is 10.7. The maximum absolute atomic E-state index is 11.7. The minimum Gasteiger partial charge on any atom is -0.483 e. The summed E-state index contributed by atoms with van der Waals surface area (Å²) in [4.78, 5) is 11.7. The van der Waals surface area contributed by atoms with Crippen molar-refractivity contribution in [1.82, 2.24) is 5.32 Å². The number of para-hydroxylation sites is 1. The first kappa shape index (κ1) is 16.5. The van der Waals surface area contributed by atoms with Crippen LogP contribution in [-0.2, 0) is 11.2 Å². The van der Waals surface area contributed by atoms with Crippen molar-refractivity contribution >= 4 is 5.91 Å². The zero-order valence-electron chi connectivity index (χ0n) is 12.7. The van der Waals surface area contributed by atoms with Crippen molar-refractivity contribution in [2.75, 3.05) is 19.7 Å². The molecule has 0 fully saturated rings. The number of amides is 1. The van der Waals surface area contributed by atoms with Crippen molar-refractivity contribution in [3.8, 4) is 5.75 Å². The number of ether oxygens (including phenoxy) is 1. The van der Waals surface area contributed by atoms with Gasteiger partial charge in [0.1, 0.15) is 5.75 Å². The maximum Gasteiger partial charge on any atom is 0.257 e. The molecule has 0 aromatic heterocycles. The van der Waals surface area contributed by atoms with E-state index in [1.54, 1.807) is 0 Å². The van der Waals surface area contributed by atoms with Crippen LogP contribution in [0.1, 0.15) is 31.4 Å². The van der Waals surface area contributed by atoms with E-state index in [0.717, 1.165) is 29.7 Å². The topological polar surface area (TPSA) is 64.3 Å². The van der Waals surface area contributed by atoms with Crippen molar-refractivity contribution in [1.29, 1.82) is 0 Å². The van der Waals surface area contributed by atoms with Crippen LogP contribution in [0.5, 0.6) is 5.75 Å². The fraction of sp³-hybridized carbons (Fsp3) is 0.562. The molecule has 1 rings (SSSR count). The summed E-state index contributed by atoms with van der Waals surface area (Å²) in [5, 5.41) is 2.87. The highest BCUT2D eigenvalue weighted by Crippen LogP contribution is 2.23. The third-order valence-corrected chi connectivity index (χ3v) is 3.10. The highest BCUT2D eigenvalue weighted by Gasteiger charge is 2.09. The van der Waals surface area contributed by atoms with E-state index in [0.29, 0.717) is 19.0 Å². The Labute approximate surface area is 121 Å². The molecule has 0 aliphatic carbocycles. The Morgan fingerprint density at radius 2 is 2.15 bits per heavy atom. The number of nitrogens with one attached hydrogen (secondary N) is 1. The highest BCUT2D eigenvalue weighted by molar-refractivity contribution is 5.77. The van der Waals surface area contributed by atoms with Gasteiger partial charge < -0.3 is 15.8 Å². The molecule has 0 bridgehead atoms. The van der Waals surface area contributed by atoms with Crippen molar-refractivity contribution < 1.29 is 9.53 Å². The number of hydrogen-bond donors (Lipinski definition) is 2. The molecule has 4 heteroatoms. The van der Waals surface area contributed by atoms with Crippen molar-refractivity contribution in [2.45, 2.75) is 33.6 Å². The van der Waals surface area contributed by atoms with E-state index < -0.39 is 0 Å². The Kier molecular flexibility index (Phi) is 7.09. The smallest absolute Gasteiger partial charge is 0.257 e. The van der Waals surface area contributed by atoms with E-state index >= 15 is 0 Å². The molecule has 0 saturated carbocycles. The summed E-state index contributed by atoms with van der Waals surface area (Å²) in [6.07, 6.45) is 1.74. The van der Waals surface area contributed by atoms with E-state index in [9.17, 15) is 4.79 Å². The zero-order valence-corrected chi connectivity index (χ0v) is 12.7. The maximum atomic E-state index is 11.7. The molecule has 0 spiro atoms. The van der Waals surface area contributed by atoms with Crippen LogP contribution in [0.2, 0.25) is 0 Å². The fourth-order valence-corrected chi connectivity index (χ4v) is 1.96. The number of benzene rings is 1. The Bertz CT molecular complexity index is 430. The van der Waals surface area contributed by atoms with Gasteiger partial charge in [-0.15, -0.1) is 0 Å².